The Morgan fingerprint density at radius 2 is 1.21 bits per heavy atom. The number of hydrogen-bond acceptors (Lipinski definition) is 4. The predicted octanol–water partition coefficient (Wildman–Crippen LogP) is 5.89. The van der Waals surface area contributed by atoms with Gasteiger partial charge in [-0.15, -0.1) is 0 Å². The molecule has 5 nitrogen and oxygen atoms in total. The van der Waals surface area contributed by atoms with E-state index in [0.29, 0.717) is 5.02 Å². The molecule has 0 saturated heterocycles. The molecule has 29 heavy (non-hydrogen) atoms. The van der Waals surface area contributed by atoms with Crippen LogP contribution in [0.2, 0.25) is 20.1 Å². The maximum absolute atomic E-state index is 13.0. The highest BCUT2D eigenvalue weighted by molar-refractivity contribution is 7.87. The van der Waals surface area contributed by atoms with Crippen molar-refractivity contribution in [2.45, 2.75) is 4.75 Å². The normalized spacial score (nSPS) is 13.8. The van der Waals surface area contributed by atoms with Gasteiger partial charge >= 0.3 is 0 Å². The van der Waals surface area contributed by atoms with Crippen molar-refractivity contribution < 1.29 is 23.2 Å². The van der Waals surface area contributed by atoms with Gasteiger partial charge in [0.25, 0.3) is 10.1 Å². The first kappa shape index (κ1) is 22.0. The van der Waals surface area contributed by atoms with Crippen molar-refractivity contribution in [2.75, 3.05) is 0 Å². The molecule has 0 aromatic heterocycles. The van der Waals surface area contributed by atoms with E-state index in [9.17, 15) is 23.2 Å². The third-order valence-electron chi connectivity index (χ3n) is 4.36. The molecule has 3 aromatic rings. The zero-order chi connectivity index (χ0) is 21.6. The van der Waals surface area contributed by atoms with Crippen LogP contribution >= 0.6 is 46.4 Å². The molecule has 0 bridgehead atoms. The Morgan fingerprint density at radius 3 is 1.72 bits per heavy atom. The molecule has 1 unspecified atom stereocenters. The van der Waals surface area contributed by atoms with Gasteiger partial charge in [-0.25, -0.2) is 0 Å². The standard InChI is InChI=1S/C19H12Cl4O5S/c20-12-3-1-10(2-4-12)19(29(26,27)28,11-7-13(21)9-14(22)8-11)17-15(24)5-6-16(25)18(17)23/h1-9,24-25H,(H,26,27,28). The van der Waals surface area contributed by atoms with Crippen LogP contribution in [-0.4, -0.2) is 23.2 Å². The van der Waals surface area contributed by atoms with Gasteiger partial charge in [-0.2, -0.15) is 8.42 Å². The first-order valence-corrected chi connectivity index (χ1v) is 10.8. The number of aromatic hydroxyl groups is 2. The van der Waals surface area contributed by atoms with Crippen molar-refractivity contribution in [2.24, 2.45) is 0 Å². The van der Waals surface area contributed by atoms with Gasteiger partial charge in [-0.3, -0.25) is 4.55 Å². The Kier molecular flexibility index (Phi) is 5.98. The summed E-state index contributed by atoms with van der Waals surface area (Å²) in [4.78, 5) is 0. The predicted molar refractivity (Wildman–Crippen MR) is 114 cm³/mol. The van der Waals surface area contributed by atoms with Gasteiger partial charge in [0, 0.05) is 20.6 Å². The third kappa shape index (κ3) is 3.77. The van der Waals surface area contributed by atoms with Crippen molar-refractivity contribution in [1.29, 1.82) is 0 Å². The number of hydrogen-bond donors (Lipinski definition) is 3. The lowest BCUT2D eigenvalue weighted by molar-refractivity contribution is 0.434. The minimum Gasteiger partial charge on any atom is -0.508 e. The van der Waals surface area contributed by atoms with Crippen molar-refractivity contribution in [1.82, 2.24) is 0 Å². The number of benzene rings is 3. The molecule has 0 aliphatic rings. The average Bonchev–Trinajstić information content (AvgIpc) is 2.61. The van der Waals surface area contributed by atoms with Crippen molar-refractivity contribution in [3.63, 3.8) is 0 Å². The van der Waals surface area contributed by atoms with Gasteiger partial charge in [0.2, 0.25) is 0 Å². The zero-order valence-electron chi connectivity index (χ0n) is 14.3. The Balaban J connectivity index is 2.63. The molecular formula is C19H12Cl4O5S. The summed E-state index contributed by atoms with van der Waals surface area (Å²) < 4.78 is 33.9. The van der Waals surface area contributed by atoms with Crippen LogP contribution < -0.4 is 0 Å². The zero-order valence-corrected chi connectivity index (χ0v) is 18.1. The summed E-state index contributed by atoms with van der Waals surface area (Å²) in [5, 5.41) is 20.6. The van der Waals surface area contributed by atoms with Crippen LogP contribution in [0.25, 0.3) is 0 Å². The van der Waals surface area contributed by atoms with E-state index in [2.05, 4.69) is 0 Å². The smallest absolute Gasteiger partial charge is 0.283 e. The molecule has 152 valence electrons. The van der Waals surface area contributed by atoms with E-state index in [-0.39, 0.29) is 21.2 Å². The van der Waals surface area contributed by atoms with Crippen LogP contribution in [0.5, 0.6) is 11.5 Å². The summed E-state index contributed by atoms with van der Waals surface area (Å²) in [6.07, 6.45) is 0. The molecular weight excluding hydrogens is 482 g/mol. The third-order valence-corrected chi connectivity index (χ3v) is 6.88. The number of phenolic OH excluding ortho intramolecular Hbond substituents is 2. The fraction of sp³-hybridized carbons (Fsp3) is 0.0526. The first-order valence-electron chi connectivity index (χ1n) is 7.89. The Morgan fingerprint density at radius 1 is 0.690 bits per heavy atom. The van der Waals surface area contributed by atoms with Gasteiger partial charge in [-0.1, -0.05) is 58.5 Å². The lowest BCUT2D eigenvalue weighted by Crippen LogP contribution is -2.38. The lowest BCUT2D eigenvalue weighted by Gasteiger charge is -2.34. The van der Waals surface area contributed by atoms with Crippen LogP contribution in [0.15, 0.2) is 54.6 Å². The van der Waals surface area contributed by atoms with E-state index in [0.717, 1.165) is 12.1 Å². The highest BCUT2D eigenvalue weighted by Crippen LogP contribution is 2.52. The van der Waals surface area contributed by atoms with E-state index in [1.54, 1.807) is 0 Å². The Labute approximate surface area is 186 Å². The fourth-order valence-electron chi connectivity index (χ4n) is 3.21. The quantitative estimate of drug-likeness (QED) is 0.239. The number of phenols is 2. The monoisotopic (exact) mass is 492 g/mol. The van der Waals surface area contributed by atoms with Gasteiger partial charge in [0.15, 0.2) is 4.75 Å². The minimum absolute atomic E-state index is 0.0227. The van der Waals surface area contributed by atoms with Crippen LogP contribution in [0.4, 0.5) is 0 Å². The molecule has 0 spiro atoms. The second kappa shape index (κ2) is 7.87. The van der Waals surface area contributed by atoms with E-state index in [4.69, 9.17) is 46.4 Å². The average molecular weight is 494 g/mol. The summed E-state index contributed by atoms with van der Waals surface area (Å²) in [5.41, 5.74) is -0.601. The summed E-state index contributed by atoms with van der Waals surface area (Å²) in [6.45, 7) is 0. The van der Waals surface area contributed by atoms with Crippen molar-refractivity contribution >= 4 is 56.5 Å². The Bertz CT molecular complexity index is 1180. The SMILES string of the molecule is O=S(=O)(O)C(c1ccc(Cl)cc1)(c1cc(Cl)cc(Cl)c1)c1c(O)ccc(O)c1Cl. The van der Waals surface area contributed by atoms with Crippen LogP contribution in [0.3, 0.4) is 0 Å². The summed E-state index contributed by atoms with van der Waals surface area (Å²) >= 11 is 24.3. The second-order valence-electron chi connectivity index (χ2n) is 6.11. The van der Waals surface area contributed by atoms with E-state index >= 15 is 0 Å². The molecule has 0 aliphatic carbocycles. The molecule has 3 rings (SSSR count). The maximum atomic E-state index is 13.0. The van der Waals surface area contributed by atoms with Crippen LogP contribution in [0, 0.1) is 0 Å². The van der Waals surface area contributed by atoms with E-state index in [1.165, 1.54) is 42.5 Å². The topological polar surface area (TPSA) is 94.8 Å². The second-order valence-corrected chi connectivity index (χ2v) is 9.36. The molecule has 0 heterocycles. The Hall–Kier alpha value is -1.67. The van der Waals surface area contributed by atoms with Gasteiger partial charge in [-0.05, 0) is 53.6 Å². The maximum Gasteiger partial charge on any atom is 0.283 e. The summed E-state index contributed by atoms with van der Waals surface area (Å²) in [5.74, 6) is -1.09. The minimum atomic E-state index is -5.11. The molecule has 3 N–H and O–H groups in total. The van der Waals surface area contributed by atoms with E-state index in [1.807, 2.05) is 0 Å². The highest BCUT2D eigenvalue weighted by atomic mass is 35.5. The van der Waals surface area contributed by atoms with Gasteiger partial charge in [0.05, 0.1) is 5.02 Å². The van der Waals surface area contributed by atoms with Crippen molar-refractivity contribution in [3.8, 4) is 11.5 Å². The largest absolute Gasteiger partial charge is 0.508 e. The van der Waals surface area contributed by atoms with E-state index < -0.39 is 37.0 Å². The number of rotatable bonds is 4. The molecule has 0 fully saturated rings. The molecule has 0 radical (unpaired) electrons. The highest BCUT2D eigenvalue weighted by Gasteiger charge is 2.52. The molecule has 0 aliphatic heterocycles. The van der Waals surface area contributed by atoms with Crippen LogP contribution in [0.1, 0.15) is 16.7 Å². The molecule has 0 saturated carbocycles. The summed E-state index contributed by atoms with van der Waals surface area (Å²) in [7, 11) is -5.11. The molecule has 3 aromatic carbocycles. The van der Waals surface area contributed by atoms with Gasteiger partial charge < -0.3 is 10.2 Å². The number of halogens is 4. The first-order chi connectivity index (χ1) is 13.5. The molecule has 0 amide bonds. The van der Waals surface area contributed by atoms with Gasteiger partial charge in [0.1, 0.15) is 11.5 Å². The molecule has 1 atom stereocenters. The molecule has 10 heteroatoms. The summed E-state index contributed by atoms with van der Waals surface area (Å²) in [6, 6.07) is 11.5. The van der Waals surface area contributed by atoms with Crippen molar-refractivity contribution in [3.05, 3.63) is 91.4 Å². The van der Waals surface area contributed by atoms with Crippen LogP contribution in [-0.2, 0) is 14.9 Å². The fourth-order valence-corrected chi connectivity index (χ4v) is 5.54. The lowest BCUT2D eigenvalue weighted by atomic mass is 9.83.